The average molecular weight is 287 g/mol. The summed E-state index contributed by atoms with van der Waals surface area (Å²) in [5.74, 6) is 2.24. The first-order chi connectivity index (χ1) is 10.2. The second-order valence-corrected chi connectivity index (χ2v) is 5.54. The van der Waals surface area contributed by atoms with Crippen molar-refractivity contribution in [2.45, 2.75) is 32.6 Å². The number of aromatic nitrogens is 5. The van der Waals surface area contributed by atoms with E-state index in [2.05, 4.69) is 44.1 Å². The number of rotatable bonds is 4. The van der Waals surface area contributed by atoms with Crippen LogP contribution in [0.4, 0.5) is 11.9 Å². The predicted octanol–water partition coefficient (Wildman–Crippen LogP) is 1.82. The topological polar surface area (TPSA) is 71.8 Å². The Hall–Kier alpha value is -2.18. The zero-order valence-corrected chi connectivity index (χ0v) is 12.7. The quantitative estimate of drug-likeness (QED) is 0.925. The van der Waals surface area contributed by atoms with E-state index in [1.54, 1.807) is 4.68 Å². The molecule has 0 saturated carbocycles. The van der Waals surface area contributed by atoms with Crippen molar-refractivity contribution in [1.29, 1.82) is 0 Å². The van der Waals surface area contributed by atoms with E-state index in [4.69, 9.17) is 0 Å². The van der Waals surface area contributed by atoms with Gasteiger partial charge in [0.25, 0.3) is 5.95 Å². The Kier molecular flexibility index (Phi) is 3.72. The Morgan fingerprint density at radius 1 is 1.10 bits per heavy atom. The molecule has 0 radical (unpaired) electrons. The molecule has 2 aromatic rings. The van der Waals surface area contributed by atoms with Crippen LogP contribution in [0.15, 0.2) is 12.3 Å². The minimum absolute atomic E-state index is 0.384. The van der Waals surface area contributed by atoms with E-state index in [1.807, 2.05) is 19.3 Å². The summed E-state index contributed by atoms with van der Waals surface area (Å²) in [4.78, 5) is 15.6. The van der Waals surface area contributed by atoms with Crippen molar-refractivity contribution in [3.63, 3.8) is 0 Å². The minimum atomic E-state index is 0.384. The van der Waals surface area contributed by atoms with Gasteiger partial charge in [-0.2, -0.15) is 20.1 Å². The maximum absolute atomic E-state index is 4.57. The van der Waals surface area contributed by atoms with Gasteiger partial charge in [-0.3, -0.25) is 0 Å². The summed E-state index contributed by atoms with van der Waals surface area (Å²) in [6, 6.07) is 2.00. The highest BCUT2D eigenvalue weighted by atomic mass is 15.4. The molecule has 0 aromatic carbocycles. The van der Waals surface area contributed by atoms with E-state index < -0.39 is 0 Å². The number of nitrogens with one attached hydrogen (secondary N) is 1. The molecule has 0 atom stereocenters. The average Bonchev–Trinajstić information content (AvgIpc) is 3.18. The molecule has 21 heavy (non-hydrogen) atoms. The van der Waals surface area contributed by atoms with E-state index in [0.717, 1.165) is 24.7 Å². The molecule has 1 fully saturated rings. The third-order valence-corrected chi connectivity index (χ3v) is 3.63. The molecule has 0 bridgehead atoms. The summed E-state index contributed by atoms with van der Waals surface area (Å²) in [5.41, 5.74) is 1.03. The Morgan fingerprint density at radius 2 is 1.81 bits per heavy atom. The fraction of sp³-hybridized carbons (Fsp3) is 0.571. The fourth-order valence-corrected chi connectivity index (χ4v) is 2.38. The molecule has 112 valence electrons. The van der Waals surface area contributed by atoms with Gasteiger partial charge in [0.2, 0.25) is 11.9 Å². The summed E-state index contributed by atoms with van der Waals surface area (Å²) >= 11 is 0. The Labute approximate surface area is 124 Å². The second-order valence-electron chi connectivity index (χ2n) is 5.54. The molecule has 7 nitrogen and oxygen atoms in total. The Morgan fingerprint density at radius 3 is 2.43 bits per heavy atom. The van der Waals surface area contributed by atoms with Crippen LogP contribution in [0.2, 0.25) is 0 Å². The molecule has 7 heteroatoms. The first kappa shape index (κ1) is 13.8. The van der Waals surface area contributed by atoms with Crippen molar-refractivity contribution in [2.75, 3.05) is 30.4 Å². The molecule has 0 amide bonds. The first-order valence-corrected chi connectivity index (χ1v) is 7.42. The lowest BCUT2D eigenvalue weighted by Gasteiger charge is -2.16. The fourth-order valence-electron chi connectivity index (χ4n) is 2.38. The molecule has 3 rings (SSSR count). The third kappa shape index (κ3) is 2.81. The Balaban J connectivity index is 1.98. The van der Waals surface area contributed by atoms with E-state index in [1.165, 1.54) is 12.8 Å². The van der Waals surface area contributed by atoms with Gasteiger partial charge >= 0.3 is 0 Å². The maximum Gasteiger partial charge on any atom is 0.257 e. The highest BCUT2D eigenvalue weighted by Gasteiger charge is 2.18. The van der Waals surface area contributed by atoms with Crippen LogP contribution in [-0.2, 0) is 0 Å². The van der Waals surface area contributed by atoms with Crippen LogP contribution >= 0.6 is 0 Å². The largest absolute Gasteiger partial charge is 0.357 e. The zero-order valence-electron chi connectivity index (χ0n) is 12.7. The molecule has 1 saturated heterocycles. The van der Waals surface area contributed by atoms with Gasteiger partial charge in [0.15, 0.2) is 0 Å². The summed E-state index contributed by atoms with van der Waals surface area (Å²) in [5, 5.41) is 7.54. The van der Waals surface area contributed by atoms with Crippen molar-refractivity contribution in [3.05, 3.63) is 18.0 Å². The van der Waals surface area contributed by atoms with Gasteiger partial charge in [-0.15, -0.1) is 0 Å². The second kappa shape index (κ2) is 5.67. The molecule has 2 aromatic heterocycles. The minimum Gasteiger partial charge on any atom is -0.357 e. The van der Waals surface area contributed by atoms with Crippen molar-refractivity contribution in [3.8, 4) is 5.95 Å². The summed E-state index contributed by atoms with van der Waals surface area (Å²) in [7, 11) is 1.81. The van der Waals surface area contributed by atoms with Crippen LogP contribution in [0.1, 0.15) is 38.3 Å². The van der Waals surface area contributed by atoms with Gasteiger partial charge in [-0.1, -0.05) is 13.8 Å². The first-order valence-electron chi connectivity index (χ1n) is 7.42. The molecule has 0 unspecified atom stereocenters. The van der Waals surface area contributed by atoms with Gasteiger partial charge in [0.05, 0.1) is 5.69 Å². The monoisotopic (exact) mass is 287 g/mol. The number of nitrogens with zero attached hydrogens (tertiary/aromatic N) is 6. The van der Waals surface area contributed by atoms with Crippen LogP contribution in [0.25, 0.3) is 5.95 Å². The number of hydrogen-bond acceptors (Lipinski definition) is 6. The highest BCUT2D eigenvalue weighted by molar-refractivity contribution is 5.40. The molecule has 0 aliphatic carbocycles. The highest BCUT2D eigenvalue weighted by Crippen LogP contribution is 2.19. The van der Waals surface area contributed by atoms with E-state index in [9.17, 15) is 0 Å². The van der Waals surface area contributed by atoms with Crippen LogP contribution < -0.4 is 10.2 Å². The smallest absolute Gasteiger partial charge is 0.257 e. The molecular weight excluding hydrogens is 266 g/mol. The molecule has 1 N–H and O–H groups in total. The van der Waals surface area contributed by atoms with Gasteiger partial charge in [0.1, 0.15) is 0 Å². The molecular formula is C14H21N7. The molecule has 3 heterocycles. The normalized spacial score (nSPS) is 15.0. The van der Waals surface area contributed by atoms with Crippen LogP contribution in [-0.4, -0.2) is 44.9 Å². The Bertz CT molecular complexity index is 614. The van der Waals surface area contributed by atoms with Gasteiger partial charge in [0, 0.05) is 26.3 Å². The SMILES string of the molecule is CNc1nc(N2CCCC2)nc(-n2ccc(C(C)C)n2)n1. The lowest BCUT2D eigenvalue weighted by atomic mass is 10.1. The summed E-state index contributed by atoms with van der Waals surface area (Å²) < 4.78 is 1.72. The van der Waals surface area contributed by atoms with Gasteiger partial charge in [-0.25, -0.2) is 4.68 Å². The molecule has 1 aliphatic heterocycles. The van der Waals surface area contributed by atoms with Crippen LogP contribution in [0, 0.1) is 0 Å². The maximum atomic E-state index is 4.57. The summed E-state index contributed by atoms with van der Waals surface area (Å²) in [6.07, 6.45) is 4.28. The van der Waals surface area contributed by atoms with Crippen molar-refractivity contribution >= 4 is 11.9 Å². The lowest BCUT2D eigenvalue weighted by molar-refractivity contribution is 0.733. The van der Waals surface area contributed by atoms with Gasteiger partial charge < -0.3 is 10.2 Å². The predicted molar refractivity (Wildman–Crippen MR) is 82.0 cm³/mol. The van der Waals surface area contributed by atoms with Crippen molar-refractivity contribution < 1.29 is 0 Å². The van der Waals surface area contributed by atoms with Crippen LogP contribution in [0.3, 0.4) is 0 Å². The third-order valence-electron chi connectivity index (χ3n) is 3.63. The number of anilines is 2. The molecule has 0 spiro atoms. The van der Waals surface area contributed by atoms with E-state index in [-0.39, 0.29) is 0 Å². The van der Waals surface area contributed by atoms with Gasteiger partial charge in [-0.05, 0) is 24.8 Å². The van der Waals surface area contributed by atoms with E-state index in [0.29, 0.717) is 17.8 Å². The lowest BCUT2D eigenvalue weighted by Crippen LogP contribution is -2.22. The standard InChI is InChI=1S/C14H21N7/c1-10(2)11-6-9-21(19-11)14-17-12(15-3)16-13(18-14)20-7-4-5-8-20/h6,9-10H,4-5,7-8H2,1-3H3,(H,15,16,17,18). The van der Waals surface area contributed by atoms with Crippen molar-refractivity contribution in [2.24, 2.45) is 0 Å². The van der Waals surface area contributed by atoms with E-state index >= 15 is 0 Å². The number of hydrogen-bond donors (Lipinski definition) is 1. The molecule has 1 aliphatic rings. The zero-order chi connectivity index (χ0) is 14.8. The van der Waals surface area contributed by atoms with Crippen molar-refractivity contribution in [1.82, 2.24) is 24.7 Å². The summed E-state index contributed by atoms with van der Waals surface area (Å²) in [6.45, 7) is 6.25. The van der Waals surface area contributed by atoms with Crippen LogP contribution in [0.5, 0.6) is 0 Å².